The summed E-state index contributed by atoms with van der Waals surface area (Å²) in [4.78, 5) is 18.4. The number of carbonyl (C=O) groups excluding carboxylic acids is 1. The fourth-order valence-electron chi connectivity index (χ4n) is 3.25. The zero-order chi connectivity index (χ0) is 19.9. The maximum atomic E-state index is 12.2. The summed E-state index contributed by atoms with van der Waals surface area (Å²) in [5, 5.41) is 19.5. The van der Waals surface area contributed by atoms with Crippen molar-refractivity contribution in [3.05, 3.63) is 54.4 Å². The van der Waals surface area contributed by atoms with Gasteiger partial charge in [0.15, 0.2) is 5.69 Å². The predicted molar refractivity (Wildman–Crippen MR) is 109 cm³/mol. The molecule has 1 amide bonds. The standard InChI is InChI=1S/C21H25N5O2/c1-3-13-25(14-4-2)15-26-18-8-6-5-7-17(18)19(21(26)28)23-24-20(27)16-9-11-22-12-10-16/h5-12,28H,3-4,13-15H2,1-2H3. The molecule has 0 aliphatic carbocycles. The van der Waals surface area contributed by atoms with Crippen molar-refractivity contribution in [2.75, 3.05) is 13.1 Å². The third-order valence-corrected chi connectivity index (χ3v) is 4.51. The second kappa shape index (κ2) is 9.23. The van der Waals surface area contributed by atoms with Crippen molar-refractivity contribution in [1.29, 1.82) is 0 Å². The molecule has 1 N–H and O–H groups in total. The van der Waals surface area contributed by atoms with E-state index in [-0.39, 0.29) is 5.88 Å². The molecule has 146 valence electrons. The average Bonchev–Trinajstić information content (AvgIpc) is 2.98. The van der Waals surface area contributed by atoms with Gasteiger partial charge in [-0.05, 0) is 44.1 Å². The van der Waals surface area contributed by atoms with Crippen LogP contribution in [0, 0.1) is 0 Å². The van der Waals surface area contributed by atoms with Crippen LogP contribution in [-0.4, -0.2) is 38.6 Å². The lowest BCUT2D eigenvalue weighted by molar-refractivity contribution is 0.0995. The number of rotatable bonds is 8. The monoisotopic (exact) mass is 379 g/mol. The molecule has 3 aromatic rings. The van der Waals surface area contributed by atoms with Gasteiger partial charge in [0.2, 0.25) is 5.88 Å². The highest BCUT2D eigenvalue weighted by Gasteiger charge is 2.18. The third-order valence-electron chi connectivity index (χ3n) is 4.51. The Morgan fingerprint density at radius 3 is 2.46 bits per heavy atom. The summed E-state index contributed by atoms with van der Waals surface area (Å²) < 4.78 is 1.83. The number of hydrogen-bond acceptors (Lipinski definition) is 5. The Morgan fingerprint density at radius 1 is 1.11 bits per heavy atom. The van der Waals surface area contributed by atoms with Crippen molar-refractivity contribution in [3.8, 4) is 5.88 Å². The first-order valence-corrected chi connectivity index (χ1v) is 9.54. The molecular formula is C21H25N5O2. The zero-order valence-electron chi connectivity index (χ0n) is 16.2. The van der Waals surface area contributed by atoms with Crippen LogP contribution in [0.25, 0.3) is 10.9 Å². The minimum Gasteiger partial charge on any atom is -0.493 e. The lowest BCUT2D eigenvalue weighted by Gasteiger charge is -2.22. The summed E-state index contributed by atoms with van der Waals surface area (Å²) in [6.45, 7) is 6.72. The lowest BCUT2D eigenvalue weighted by Crippen LogP contribution is -2.27. The molecule has 0 saturated carbocycles. The number of azo groups is 1. The van der Waals surface area contributed by atoms with Crippen molar-refractivity contribution >= 4 is 22.5 Å². The van der Waals surface area contributed by atoms with E-state index in [0.717, 1.165) is 36.8 Å². The highest BCUT2D eigenvalue weighted by Crippen LogP contribution is 2.39. The minimum atomic E-state index is -0.475. The van der Waals surface area contributed by atoms with E-state index >= 15 is 0 Å². The van der Waals surface area contributed by atoms with Crippen LogP contribution in [0.2, 0.25) is 0 Å². The molecule has 3 rings (SSSR count). The third kappa shape index (κ3) is 4.26. The maximum absolute atomic E-state index is 12.2. The molecule has 28 heavy (non-hydrogen) atoms. The molecule has 2 aromatic heterocycles. The van der Waals surface area contributed by atoms with Crippen LogP contribution in [0.5, 0.6) is 5.88 Å². The molecule has 0 saturated heterocycles. The van der Waals surface area contributed by atoms with Crippen LogP contribution in [-0.2, 0) is 6.67 Å². The molecular weight excluding hydrogens is 354 g/mol. The number of pyridine rings is 1. The minimum absolute atomic E-state index is 0.0182. The molecule has 7 nitrogen and oxygen atoms in total. The van der Waals surface area contributed by atoms with Crippen LogP contribution in [0.4, 0.5) is 5.69 Å². The molecule has 0 radical (unpaired) electrons. The van der Waals surface area contributed by atoms with Gasteiger partial charge in [-0.25, -0.2) is 0 Å². The van der Waals surface area contributed by atoms with E-state index in [2.05, 4.69) is 34.0 Å². The van der Waals surface area contributed by atoms with Gasteiger partial charge in [-0.3, -0.25) is 19.2 Å². The van der Waals surface area contributed by atoms with E-state index in [9.17, 15) is 9.90 Å². The predicted octanol–water partition coefficient (Wildman–Crippen LogP) is 4.75. The summed E-state index contributed by atoms with van der Waals surface area (Å²) in [5.74, 6) is -0.457. The Hall–Kier alpha value is -3.06. The van der Waals surface area contributed by atoms with E-state index in [1.165, 1.54) is 12.4 Å². The van der Waals surface area contributed by atoms with Crippen LogP contribution in [0.3, 0.4) is 0 Å². The van der Waals surface area contributed by atoms with E-state index < -0.39 is 5.91 Å². The Bertz CT molecular complexity index is 960. The van der Waals surface area contributed by atoms with E-state index in [1.54, 1.807) is 12.1 Å². The van der Waals surface area contributed by atoms with E-state index in [0.29, 0.717) is 17.9 Å². The second-order valence-electron chi connectivity index (χ2n) is 6.62. The number of benzene rings is 1. The molecule has 1 aromatic carbocycles. The van der Waals surface area contributed by atoms with Gasteiger partial charge in [0.25, 0.3) is 5.91 Å². The number of carbonyl (C=O) groups is 1. The Kier molecular flexibility index (Phi) is 6.49. The Morgan fingerprint density at radius 2 is 1.79 bits per heavy atom. The number of nitrogens with zero attached hydrogens (tertiary/aromatic N) is 5. The fourth-order valence-corrected chi connectivity index (χ4v) is 3.25. The summed E-state index contributed by atoms with van der Waals surface area (Å²) >= 11 is 0. The van der Waals surface area contributed by atoms with E-state index in [4.69, 9.17) is 0 Å². The number of para-hydroxylation sites is 1. The molecule has 0 fully saturated rings. The molecule has 2 heterocycles. The summed E-state index contributed by atoms with van der Waals surface area (Å²) in [5.41, 5.74) is 1.58. The first kappa shape index (κ1) is 19.7. The number of fused-ring (bicyclic) bond motifs is 1. The SMILES string of the molecule is CCCN(CCC)Cn1c(O)c(N=NC(=O)c2ccncc2)c2ccccc21. The molecule has 0 aliphatic heterocycles. The average molecular weight is 379 g/mol. The van der Waals surface area contributed by atoms with Crippen molar-refractivity contribution < 1.29 is 9.90 Å². The highest BCUT2D eigenvalue weighted by molar-refractivity contribution is 5.97. The summed E-state index contributed by atoms with van der Waals surface area (Å²) in [7, 11) is 0. The maximum Gasteiger partial charge on any atom is 0.295 e. The summed E-state index contributed by atoms with van der Waals surface area (Å²) in [6.07, 6.45) is 5.13. The second-order valence-corrected chi connectivity index (χ2v) is 6.62. The molecule has 0 bridgehead atoms. The molecule has 0 spiro atoms. The topological polar surface area (TPSA) is 83.1 Å². The van der Waals surface area contributed by atoms with Gasteiger partial charge in [-0.1, -0.05) is 32.0 Å². The Balaban J connectivity index is 1.96. The zero-order valence-corrected chi connectivity index (χ0v) is 16.2. The van der Waals surface area contributed by atoms with Gasteiger partial charge in [-0.2, -0.15) is 0 Å². The first-order chi connectivity index (χ1) is 13.7. The number of hydrogen-bond donors (Lipinski definition) is 1. The van der Waals surface area contributed by atoms with Crippen LogP contribution < -0.4 is 0 Å². The quantitative estimate of drug-likeness (QED) is 0.573. The van der Waals surface area contributed by atoms with Crippen molar-refractivity contribution in [2.45, 2.75) is 33.4 Å². The Labute approximate surface area is 164 Å². The van der Waals surface area contributed by atoms with Crippen LogP contribution in [0.15, 0.2) is 59.0 Å². The van der Waals surface area contributed by atoms with Gasteiger partial charge in [0, 0.05) is 23.3 Å². The fraction of sp³-hybridized carbons (Fsp3) is 0.333. The molecule has 0 aliphatic rings. The largest absolute Gasteiger partial charge is 0.493 e. The lowest BCUT2D eigenvalue weighted by atomic mass is 10.2. The van der Waals surface area contributed by atoms with Crippen molar-refractivity contribution in [1.82, 2.24) is 14.5 Å². The number of aromatic hydroxyl groups is 1. The molecule has 0 unspecified atom stereocenters. The van der Waals surface area contributed by atoms with Gasteiger partial charge in [-0.15, -0.1) is 10.2 Å². The van der Waals surface area contributed by atoms with Crippen LogP contribution >= 0.6 is 0 Å². The van der Waals surface area contributed by atoms with Crippen LogP contribution in [0.1, 0.15) is 37.0 Å². The summed E-state index contributed by atoms with van der Waals surface area (Å²) in [6, 6.07) is 10.8. The molecule has 0 atom stereocenters. The van der Waals surface area contributed by atoms with Gasteiger partial charge in [0.05, 0.1) is 12.2 Å². The normalized spacial score (nSPS) is 11.7. The first-order valence-electron chi connectivity index (χ1n) is 9.54. The van der Waals surface area contributed by atoms with Crippen molar-refractivity contribution in [3.63, 3.8) is 0 Å². The number of amides is 1. The van der Waals surface area contributed by atoms with Crippen molar-refractivity contribution in [2.24, 2.45) is 10.2 Å². The molecule has 7 heteroatoms. The van der Waals surface area contributed by atoms with Gasteiger partial charge in [0.1, 0.15) is 0 Å². The van der Waals surface area contributed by atoms with Gasteiger partial charge >= 0.3 is 0 Å². The number of aromatic nitrogens is 2. The highest BCUT2D eigenvalue weighted by atomic mass is 16.3. The van der Waals surface area contributed by atoms with Gasteiger partial charge < -0.3 is 5.11 Å². The van der Waals surface area contributed by atoms with E-state index in [1.807, 2.05) is 28.8 Å². The smallest absolute Gasteiger partial charge is 0.295 e.